The number of hydrogen-bond acceptors (Lipinski definition) is 5. The Bertz CT molecular complexity index is 1050. The van der Waals surface area contributed by atoms with Gasteiger partial charge >= 0.3 is 24.0 Å². The molecule has 1 amide bonds. The highest BCUT2D eigenvalue weighted by Gasteiger charge is 2.73. The van der Waals surface area contributed by atoms with Crippen LogP contribution < -0.4 is 10.6 Å². The molecule has 0 saturated carbocycles. The van der Waals surface area contributed by atoms with E-state index in [-0.39, 0.29) is 6.42 Å². The monoisotopic (exact) mass is 498 g/mol. The van der Waals surface area contributed by atoms with E-state index < -0.39 is 51.8 Å². The third kappa shape index (κ3) is 4.50. The molecular weight excluding hydrogens is 481 g/mol. The lowest BCUT2D eigenvalue weighted by Gasteiger charge is -2.38. The van der Waals surface area contributed by atoms with E-state index in [0.717, 1.165) is 30.6 Å². The fourth-order valence-corrected chi connectivity index (χ4v) is 4.83. The van der Waals surface area contributed by atoms with Gasteiger partial charge in [-0.1, -0.05) is 12.1 Å². The smallest absolute Gasteiger partial charge is 0.439 e. The van der Waals surface area contributed by atoms with Gasteiger partial charge in [0.1, 0.15) is 10.8 Å². The SMILES string of the molecule is COC(=O)c1c(NC(NC(=O)c2ccccc2F)(C(F)(F)F)C(F)(F)F)sc2c1CCCC2. The number of amides is 1. The van der Waals surface area contributed by atoms with Crippen molar-refractivity contribution in [3.63, 3.8) is 0 Å². The molecule has 0 bridgehead atoms. The Labute approximate surface area is 186 Å². The molecule has 3 rings (SSSR count). The molecule has 0 aliphatic heterocycles. The lowest BCUT2D eigenvalue weighted by Crippen LogP contribution is -2.72. The highest BCUT2D eigenvalue weighted by atomic mass is 32.1. The van der Waals surface area contributed by atoms with Gasteiger partial charge in [0.15, 0.2) is 0 Å². The molecule has 0 fully saturated rings. The maximum atomic E-state index is 14.0. The Morgan fingerprint density at radius 3 is 2.18 bits per heavy atom. The standard InChI is InChI=1S/C20H17F7N2O3S/c1-32-17(31)14-11-7-3-5-9-13(11)33-16(14)29-18(19(22,23)24,20(25,26)27)28-15(30)10-6-2-4-8-12(10)21/h2,4,6,8,29H,3,5,7,9H2,1H3,(H,28,30). The van der Waals surface area contributed by atoms with Gasteiger partial charge in [-0.2, -0.15) is 26.3 Å². The normalized spacial score (nSPS) is 14.4. The molecule has 33 heavy (non-hydrogen) atoms. The summed E-state index contributed by atoms with van der Waals surface area (Å²) in [7, 11) is 0.944. The number of alkyl halides is 6. The van der Waals surface area contributed by atoms with Crippen LogP contribution in [-0.4, -0.2) is 37.0 Å². The Morgan fingerprint density at radius 2 is 1.61 bits per heavy atom. The van der Waals surface area contributed by atoms with Crippen molar-refractivity contribution in [2.24, 2.45) is 0 Å². The van der Waals surface area contributed by atoms with Crippen molar-refractivity contribution in [3.8, 4) is 0 Å². The molecule has 1 aliphatic carbocycles. The number of aryl methyl sites for hydroxylation is 1. The Balaban J connectivity index is 2.16. The van der Waals surface area contributed by atoms with E-state index >= 15 is 0 Å². The Hall–Kier alpha value is -2.83. The first-order chi connectivity index (χ1) is 15.3. The number of rotatable bonds is 5. The summed E-state index contributed by atoms with van der Waals surface area (Å²) in [5.41, 5.74) is -6.18. The van der Waals surface area contributed by atoms with Crippen LogP contribution in [0.15, 0.2) is 24.3 Å². The van der Waals surface area contributed by atoms with E-state index in [0.29, 0.717) is 47.1 Å². The lowest BCUT2D eigenvalue weighted by atomic mass is 9.95. The zero-order chi connectivity index (χ0) is 24.6. The van der Waals surface area contributed by atoms with E-state index in [4.69, 9.17) is 0 Å². The fourth-order valence-electron chi connectivity index (χ4n) is 3.50. The van der Waals surface area contributed by atoms with Crippen LogP contribution in [0, 0.1) is 5.82 Å². The maximum Gasteiger partial charge on any atom is 0.439 e. The number of nitrogens with one attached hydrogen (secondary N) is 2. The molecule has 1 aromatic carbocycles. The number of hydrogen-bond donors (Lipinski definition) is 2. The molecule has 5 nitrogen and oxygen atoms in total. The van der Waals surface area contributed by atoms with E-state index in [1.165, 1.54) is 5.32 Å². The number of carbonyl (C=O) groups is 2. The second kappa shape index (κ2) is 8.84. The number of anilines is 1. The van der Waals surface area contributed by atoms with E-state index in [1.807, 2.05) is 0 Å². The van der Waals surface area contributed by atoms with Crippen LogP contribution >= 0.6 is 11.3 Å². The zero-order valence-corrected chi connectivity index (χ0v) is 17.7. The molecule has 0 atom stereocenters. The van der Waals surface area contributed by atoms with Gasteiger partial charge in [-0.3, -0.25) is 4.79 Å². The average molecular weight is 498 g/mol. The van der Waals surface area contributed by atoms with Crippen LogP contribution in [0.3, 0.4) is 0 Å². The topological polar surface area (TPSA) is 67.4 Å². The van der Waals surface area contributed by atoms with Crippen molar-refractivity contribution in [2.75, 3.05) is 12.4 Å². The predicted molar refractivity (Wildman–Crippen MR) is 105 cm³/mol. The van der Waals surface area contributed by atoms with Crippen molar-refractivity contribution in [1.29, 1.82) is 0 Å². The summed E-state index contributed by atoms with van der Waals surface area (Å²) in [4.78, 5) is 25.1. The Morgan fingerprint density at radius 1 is 1.00 bits per heavy atom. The van der Waals surface area contributed by atoms with E-state index in [1.54, 1.807) is 0 Å². The fraction of sp³-hybridized carbons (Fsp3) is 0.400. The molecule has 1 aromatic heterocycles. The van der Waals surface area contributed by atoms with Gasteiger partial charge in [-0.05, 0) is 43.4 Å². The third-order valence-corrected chi connectivity index (χ3v) is 6.34. The molecule has 2 N–H and O–H groups in total. The summed E-state index contributed by atoms with van der Waals surface area (Å²) >= 11 is 0.553. The average Bonchev–Trinajstić information content (AvgIpc) is 3.09. The van der Waals surface area contributed by atoms with Crippen molar-refractivity contribution >= 4 is 28.2 Å². The van der Waals surface area contributed by atoms with Gasteiger partial charge in [-0.25, -0.2) is 9.18 Å². The van der Waals surface area contributed by atoms with Crippen LogP contribution in [0.5, 0.6) is 0 Å². The van der Waals surface area contributed by atoms with Gasteiger partial charge in [0.25, 0.3) is 5.91 Å². The minimum atomic E-state index is -6.13. The van der Waals surface area contributed by atoms with Crippen LogP contribution in [0.4, 0.5) is 35.7 Å². The van der Waals surface area contributed by atoms with Crippen LogP contribution in [0.2, 0.25) is 0 Å². The number of fused-ring (bicyclic) bond motifs is 1. The van der Waals surface area contributed by atoms with E-state index in [9.17, 15) is 40.3 Å². The molecule has 0 spiro atoms. The number of methoxy groups -OCH3 is 1. The molecule has 1 aliphatic rings. The van der Waals surface area contributed by atoms with Crippen molar-refractivity contribution in [3.05, 3.63) is 51.7 Å². The second-order valence-electron chi connectivity index (χ2n) is 7.21. The van der Waals surface area contributed by atoms with Gasteiger partial charge in [-0.15, -0.1) is 11.3 Å². The van der Waals surface area contributed by atoms with Gasteiger partial charge in [0.05, 0.1) is 18.2 Å². The van der Waals surface area contributed by atoms with Crippen LogP contribution in [-0.2, 0) is 17.6 Å². The predicted octanol–water partition coefficient (Wildman–Crippen LogP) is 5.22. The second-order valence-corrected chi connectivity index (χ2v) is 8.32. The van der Waals surface area contributed by atoms with E-state index in [2.05, 4.69) is 4.74 Å². The zero-order valence-electron chi connectivity index (χ0n) is 16.9. The quantitative estimate of drug-likeness (QED) is 0.337. The highest BCUT2D eigenvalue weighted by Crippen LogP contribution is 2.47. The van der Waals surface area contributed by atoms with Gasteiger partial charge < -0.3 is 15.4 Å². The maximum absolute atomic E-state index is 14.0. The number of carbonyl (C=O) groups excluding carboxylic acids is 2. The minimum absolute atomic E-state index is 0.268. The number of ether oxygens (including phenoxy) is 1. The van der Waals surface area contributed by atoms with Crippen LogP contribution in [0.1, 0.15) is 44.0 Å². The molecule has 2 aromatic rings. The molecule has 0 saturated heterocycles. The highest BCUT2D eigenvalue weighted by molar-refractivity contribution is 7.16. The number of halogens is 7. The first-order valence-corrected chi connectivity index (χ1v) is 10.4. The lowest BCUT2D eigenvalue weighted by molar-refractivity contribution is -0.294. The first-order valence-electron chi connectivity index (χ1n) is 9.54. The summed E-state index contributed by atoms with van der Waals surface area (Å²) in [5.74, 6) is -4.37. The summed E-state index contributed by atoms with van der Waals surface area (Å²) in [5, 5.41) is 1.49. The van der Waals surface area contributed by atoms with Crippen LogP contribution in [0.25, 0.3) is 0 Å². The number of esters is 1. The molecule has 0 unspecified atom stereocenters. The summed E-state index contributed by atoms with van der Waals surface area (Å²) in [6, 6.07) is 3.65. The third-order valence-electron chi connectivity index (χ3n) is 5.13. The molecule has 0 radical (unpaired) electrons. The van der Waals surface area contributed by atoms with Gasteiger partial charge in [0, 0.05) is 4.88 Å². The minimum Gasteiger partial charge on any atom is -0.465 e. The first kappa shape index (κ1) is 24.8. The molecule has 1 heterocycles. The van der Waals surface area contributed by atoms with Gasteiger partial charge in [0.2, 0.25) is 0 Å². The summed E-state index contributed by atoms with van der Waals surface area (Å²) < 4.78 is 103. The molecule has 180 valence electrons. The largest absolute Gasteiger partial charge is 0.465 e. The summed E-state index contributed by atoms with van der Waals surface area (Å²) in [6.07, 6.45) is -10.4. The molecule has 13 heteroatoms. The van der Waals surface area contributed by atoms with Crippen molar-refractivity contribution in [1.82, 2.24) is 5.32 Å². The number of thiophene rings is 1. The molecular formula is C20H17F7N2O3S. The Kier molecular flexibility index (Phi) is 6.65. The summed E-state index contributed by atoms with van der Waals surface area (Å²) in [6.45, 7) is 0. The van der Waals surface area contributed by atoms with Crippen molar-refractivity contribution < 1.29 is 45.1 Å². The number of benzene rings is 1. The van der Waals surface area contributed by atoms with Crippen molar-refractivity contribution in [2.45, 2.75) is 43.7 Å².